The lowest BCUT2D eigenvalue weighted by atomic mass is 9.83. The van der Waals surface area contributed by atoms with Gasteiger partial charge in [-0.1, -0.05) is 30.3 Å². The molecule has 1 aliphatic heterocycles. The second-order valence-electron chi connectivity index (χ2n) is 7.54. The highest BCUT2D eigenvalue weighted by Gasteiger charge is 2.36. The van der Waals surface area contributed by atoms with Crippen LogP contribution in [0.1, 0.15) is 41.1 Å². The first kappa shape index (κ1) is 17.7. The van der Waals surface area contributed by atoms with Crippen molar-refractivity contribution in [1.29, 1.82) is 0 Å². The van der Waals surface area contributed by atoms with E-state index in [9.17, 15) is 14.0 Å². The van der Waals surface area contributed by atoms with Gasteiger partial charge < -0.3 is 10.2 Å². The standard InChI is InChI=1S/C22H23FN2O2/c23-19-8-6-16(7-9-19)22(27)25-13-17(15-4-2-1-3-5-15)12-18(14-25)21(26)24-20-10-11-20/h1-9,17-18,20H,10-14H2,(H,24,26)/t17-,18-/m1/s1. The molecule has 27 heavy (non-hydrogen) atoms. The zero-order valence-electron chi connectivity index (χ0n) is 15.1. The molecule has 1 saturated heterocycles. The zero-order valence-corrected chi connectivity index (χ0v) is 15.1. The number of amides is 2. The second kappa shape index (κ2) is 7.51. The van der Waals surface area contributed by atoms with E-state index >= 15 is 0 Å². The Morgan fingerprint density at radius 2 is 1.67 bits per heavy atom. The Morgan fingerprint density at radius 1 is 0.963 bits per heavy atom. The number of benzene rings is 2. The maximum atomic E-state index is 13.2. The maximum Gasteiger partial charge on any atom is 0.253 e. The molecule has 0 aromatic heterocycles. The Hall–Kier alpha value is -2.69. The first-order chi connectivity index (χ1) is 13.1. The van der Waals surface area contributed by atoms with E-state index < -0.39 is 0 Å². The van der Waals surface area contributed by atoms with Crippen LogP contribution in [0.4, 0.5) is 4.39 Å². The predicted molar refractivity (Wildman–Crippen MR) is 101 cm³/mol. The highest BCUT2D eigenvalue weighted by Crippen LogP contribution is 2.32. The normalized spacial score (nSPS) is 22.3. The number of nitrogens with one attached hydrogen (secondary N) is 1. The number of carbonyl (C=O) groups is 2. The van der Waals surface area contributed by atoms with Gasteiger partial charge in [0.1, 0.15) is 5.82 Å². The molecule has 2 aromatic rings. The quantitative estimate of drug-likeness (QED) is 0.902. The van der Waals surface area contributed by atoms with Gasteiger partial charge in [0, 0.05) is 30.6 Å². The molecular weight excluding hydrogens is 343 g/mol. The van der Waals surface area contributed by atoms with Crippen molar-refractivity contribution in [2.75, 3.05) is 13.1 Å². The average Bonchev–Trinajstić information content (AvgIpc) is 3.52. The minimum absolute atomic E-state index is 0.0371. The Labute approximate surface area is 158 Å². The monoisotopic (exact) mass is 366 g/mol. The molecule has 4 rings (SSSR count). The predicted octanol–water partition coefficient (Wildman–Crippen LogP) is 3.35. The van der Waals surface area contributed by atoms with Crippen molar-refractivity contribution in [1.82, 2.24) is 10.2 Å². The first-order valence-electron chi connectivity index (χ1n) is 9.50. The Bertz CT molecular complexity index is 818. The summed E-state index contributed by atoms with van der Waals surface area (Å²) >= 11 is 0. The fraction of sp³-hybridized carbons (Fsp3) is 0.364. The highest BCUT2D eigenvalue weighted by molar-refractivity contribution is 5.94. The number of rotatable bonds is 4. The Morgan fingerprint density at radius 3 is 2.33 bits per heavy atom. The smallest absolute Gasteiger partial charge is 0.253 e. The van der Waals surface area contributed by atoms with E-state index in [-0.39, 0.29) is 29.5 Å². The Balaban J connectivity index is 1.56. The van der Waals surface area contributed by atoms with Gasteiger partial charge in [-0.05, 0) is 49.1 Å². The van der Waals surface area contributed by atoms with Crippen molar-refractivity contribution < 1.29 is 14.0 Å². The third-order valence-corrected chi connectivity index (χ3v) is 5.39. The number of likely N-dealkylation sites (tertiary alicyclic amines) is 1. The number of hydrogen-bond acceptors (Lipinski definition) is 2. The molecule has 2 amide bonds. The van der Waals surface area contributed by atoms with E-state index in [1.165, 1.54) is 24.3 Å². The summed E-state index contributed by atoms with van der Waals surface area (Å²) in [6, 6.07) is 15.9. The van der Waals surface area contributed by atoms with Crippen LogP contribution in [-0.4, -0.2) is 35.8 Å². The molecule has 2 aliphatic rings. The number of halogens is 1. The van der Waals surface area contributed by atoms with Gasteiger partial charge in [-0.2, -0.15) is 0 Å². The summed E-state index contributed by atoms with van der Waals surface area (Å²) in [5, 5.41) is 3.08. The summed E-state index contributed by atoms with van der Waals surface area (Å²) in [6.07, 6.45) is 2.81. The molecule has 0 spiro atoms. The molecule has 0 unspecified atom stereocenters. The third kappa shape index (κ3) is 4.18. The molecular formula is C22H23FN2O2. The summed E-state index contributed by atoms with van der Waals surface area (Å²) in [7, 11) is 0. The van der Waals surface area contributed by atoms with Crippen LogP contribution < -0.4 is 5.32 Å². The second-order valence-corrected chi connectivity index (χ2v) is 7.54. The molecule has 0 bridgehead atoms. The number of piperidine rings is 1. The largest absolute Gasteiger partial charge is 0.353 e. The van der Waals surface area contributed by atoms with Gasteiger partial charge >= 0.3 is 0 Å². The summed E-state index contributed by atoms with van der Waals surface area (Å²) in [5.41, 5.74) is 1.59. The lowest BCUT2D eigenvalue weighted by Gasteiger charge is -2.37. The third-order valence-electron chi connectivity index (χ3n) is 5.39. The average molecular weight is 366 g/mol. The molecule has 1 heterocycles. The van der Waals surface area contributed by atoms with Crippen molar-refractivity contribution in [3.63, 3.8) is 0 Å². The molecule has 2 aromatic carbocycles. The molecule has 4 nitrogen and oxygen atoms in total. The lowest BCUT2D eigenvalue weighted by molar-refractivity contribution is -0.126. The summed E-state index contributed by atoms with van der Waals surface area (Å²) < 4.78 is 13.2. The van der Waals surface area contributed by atoms with Gasteiger partial charge in [-0.25, -0.2) is 4.39 Å². The van der Waals surface area contributed by atoms with E-state index in [0.29, 0.717) is 24.7 Å². The zero-order chi connectivity index (χ0) is 18.8. The molecule has 5 heteroatoms. The minimum atomic E-state index is -0.367. The van der Waals surface area contributed by atoms with E-state index in [0.717, 1.165) is 24.8 Å². The highest BCUT2D eigenvalue weighted by atomic mass is 19.1. The van der Waals surface area contributed by atoms with Crippen LogP contribution in [0.15, 0.2) is 54.6 Å². The van der Waals surface area contributed by atoms with Gasteiger partial charge in [-0.15, -0.1) is 0 Å². The summed E-state index contributed by atoms with van der Waals surface area (Å²) in [5.74, 6) is -0.600. The van der Waals surface area contributed by atoms with Crippen LogP contribution >= 0.6 is 0 Å². The first-order valence-corrected chi connectivity index (χ1v) is 9.50. The maximum absolute atomic E-state index is 13.2. The van der Waals surface area contributed by atoms with E-state index in [1.807, 2.05) is 30.3 Å². The van der Waals surface area contributed by atoms with Crippen LogP contribution in [0.25, 0.3) is 0 Å². The van der Waals surface area contributed by atoms with Crippen LogP contribution in [0.5, 0.6) is 0 Å². The van der Waals surface area contributed by atoms with Crippen LogP contribution in [-0.2, 0) is 4.79 Å². The van der Waals surface area contributed by atoms with Crippen molar-refractivity contribution in [2.24, 2.45) is 5.92 Å². The van der Waals surface area contributed by atoms with E-state index in [4.69, 9.17) is 0 Å². The van der Waals surface area contributed by atoms with Crippen LogP contribution in [0, 0.1) is 11.7 Å². The van der Waals surface area contributed by atoms with Crippen molar-refractivity contribution >= 4 is 11.8 Å². The van der Waals surface area contributed by atoms with Gasteiger partial charge in [-0.3, -0.25) is 9.59 Å². The molecule has 1 aliphatic carbocycles. The molecule has 140 valence electrons. The number of carbonyl (C=O) groups excluding carboxylic acids is 2. The Kier molecular flexibility index (Phi) is 4.92. The van der Waals surface area contributed by atoms with Crippen molar-refractivity contribution in [3.8, 4) is 0 Å². The lowest BCUT2D eigenvalue weighted by Crippen LogP contribution is -2.48. The van der Waals surface area contributed by atoms with Crippen LogP contribution in [0.2, 0.25) is 0 Å². The molecule has 2 fully saturated rings. The van der Waals surface area contributed by atoms with Crippen molar-refractivity contribution in [3.05, 3.63) is 71.5 Å². The van der Waals surface area contributed by atoms with Crippen molar-refractivity contribution in [2.45, 2.75) is 31.2 Å². The molecule has 2 atom stereocenters. The van der Waals surface area contributed by atoms with Gasteiger partial charge in [0.15, 0.2) is 0 Å². The van der Waals surface area contributed by atoms with Crippen LogP contribution in [0.3, 0.4) is 0 Å². The fourth-order valence-electron chi connectivity index (χ4n) is 3.74. The fourth-order valence-corrected chi connectivity index (χ4v) is 3.74. The molecule has 1 saturated carbocycles. The number of nitrogens with zero attached hydrogens (tertiary/aromatic N) is 1. The summed E-state index contributed by atoms with van der Waals surface area (Å²) in [6.45, 7) is 0.964. The van der Waals surface area contributed by atoms with Gasteiger partial charge in [0.05, 0.1) is 5.92 Å². The minimum Gasteiger partial charge on any atom is -0.353 e. The van der Waals surface area contributed by atoms with Gasteiger partial charge in [0.25, 0.3) is 5.91 Å². The van der Waals surface area contributed by atoms with E-state index in [2.05, 4.69) is 5.32 Å². The topological polar surface area (TPSA) is 49.4 Å². The van der Waals surface area contributed by atoms with E-state index in [1.54, 1.807) is 4.90 Å². The number of hydrogen-bond donors (Lipinski definition) is 1. The SMILES string of the molecule is O=C(NC1CC1)[C@@H]1C[C@@H](c2ccccc2)CN(C(=O)c2ccc(F)cc2)C1. The molecule has 0 radical (unpaired) electrons. The van der Waals surface area contributed by atoms with Gasteiger partial charge in [0.2, 0.25) is 5.91 Å². The summed E-state index contributed by atoms with van der Waals surface area (Å²) in [4.78, 5) is 27.4. The molecule has 1 N–H and O–H groups in total.